The van der Waals surface area contributed by atoms with Crippen LogP contribution in [0.4, 0.5) is 0 Å². The fourth-order valence-electron chi connectivity index (χ4n) is 7.79. The van der Waals surface area contributed by atoms with Gasteiger partial charge in [0.05, 0.1) is 5.38 Å². The summed E-state index contributed by atoms with van der Waals surface area (Å²) in [5.41, 5.74) is 1.44. The Labute approximate surface area is 156 Å². The number of hydrogen-bond acceptors (Lipinski definition) is 2. The molecule has 0 heterocycles. The second-order valence-electron chi connectivity index (χ2n) is 9.91. The van der Waals surface area contributed by atoms with E-state index in [1.165, 1.54) is 18.4 Å². The first-order chi connectivity index (χ1) is 11.7. The number of hydrogen-bond donors (Lipinski definition) is 0. The average Bonchev–Trinajstić information content (AvgIpc) is 2.80. The molecule has 0 aromatic carbocycles. The van der Waals surface area contributed by atoms with E-state index in [4.69, 9.17) is 11.6 Å². The molecular formula is C22H31ClO2. The molecule has 0 aromatic heterocycles. The van der Waals surface area contributed by atoms with Gasteiger partial charge in [-0.15, -0.1) is 11.6 Å². The number of Topliss-reactive ketones (excluding diaryl/α,β-unsaturated/α-hetero) is 1. The van der Waals surface area contributed by atoms with Crippen LogP contribution in [0, 0.1) is 40.4 Å². The van der Waals surface area contributed by atoms with Crippen molar-refractivity contribution >= 4 is 23.2 Å². The van der Waals surface area contributed by atoms with Crippen LogP contribution in [0.2, 0.25) is 0 Å². The van der Waals surface area contributed by atoms with Gasteiger partial charge >= 0.3 is 0 Å². The van der Waals surface area contributed by atoms with E-state index in [0.717, 1.165) is 19.3 Å². The van der Waals surface area contributed by atoms with E-state index >= 15 is 0 Å². The van der Waals surface area contributed by atoms with Gasteiger partial charge in [0.2, 0.25) is 0 Å². The Hall–Kier alpha value is -0.630. The van der Waals surface area contributed by atoms with Gasteiger partial charge in [0.25, 0.3) is 0 Å². The highest BCUT2D eigenvalue weighted by molar-refractivity contribution is 6.23. The Balaban J connectivity index is 1.73. The molecule has 3 heteroatoms. The lowest BCUT2D eigenvalue weighted by molar-refractivity contribution is -0.129. The topological polar surface area (TPSA) is 34.1 Å². The van der Waals surface area contributed by atoms with Gasteiger partial charge in [-0.05, 0) is 85.2 Å². The van der Waals surface area contributed by atoms with E-state index in [-0.39, 0.29) is 27.9 Å². The molecule has 0 saturated heterocycles. The van der Waals surface area contributed by atoms with Crippen LogP contribution in [0.1, 0.15) is 66.2 Å². The van der Waals surface area contributed by atoms with Crippen LogP contribution >= 0.6 is 11.6 Å². The Morgan fingerprint density at radius 3 is 2.60 bits per heavy atom. The first kappa shape index (κ1) is 17.8. The highest BCUT2D eigenvalue weighted by Gasteiger charge is 2.62. The largest absolute Gasteiger partial charge is 0.300 e. The second kappa shape index (κ2) is 5.68. The number of carbonyl (C=O) groups is 2. The van der Waals surface area contributed by atoms with Gasteiger partial charge < -0.3 is 0 Å². The van der Waals surface area contributed by atoms with Crippen LogP contribution in [-0.4, -0.2) is 16.9 Å². The molecule has 4 aliphatic carbocycles. The molecule has 8 atom stereocenters. The molecule has 3 saturated carbocycles. The number of halogens is 1. The third-order valence-electron chi connectivity index (χ3n) is 8.72. The molecule has 0 amide bonds. The van der Waals surface area contributed by atoms with Crippen LogP contribution in [0.5, 0.6) is 0 Å². The highest BCUT2D eigenvalue weighted by Crippen LogP contribution is 2.68. The molecule has 2 nitrogen and oxygen atoms in total. The summed E-state index contributed by atoms with van der Waals surface area (Å²) >= 11 is 6.85. The number of ketones is 2. The smallest absolute Gasteiger partial charge is 0.155 e. The summed E-state index contributed by atoms with van der Waals surface area (Å²) < 4.78 is 0. The van der Waals surface area contributed by atoms with Crippen LogP contribution in [0.15, 0.2) is 11.6 Å². The Morgan fingerprint density at radius 2 is 1.92 bits per heavy atom. The van der Waals surface area contributed by atoms with E-state index in [2.05, 4.69) is 20.8 Å². The van der Waals surface area contributed by atoms with Gasteiger partial charge in [-0.1, -0.05) is 20.8 Å². The first-order valence-electron chi connectivity index (χ1n) is 10.1. The molecule has 4 aliphatic rings. The predicted molar refractivity (Wildman–Crippen MR) is 100 cm³/mol. The van der Waals surface area contributed by atoms with Crippen molar-refractivity contribution < 1.29 is 9.59 Å². The van der Waals surface area contributed by atoms with E-state index in [0.29, 0.717) is 35.9 Å². The minimum atomic E-state index is -0.00969. The minimum Gasteiger partial charge on any atom is -0.300 e. The SMILES string of the molecule is CC(=O)C1C(C)CC2C3CC(Cl)C4=CC(=O)CC[C@]4(C)C3CC[C@@]21C. The molecule has 0 bridgehead atoms. The zero-order chi connectivity index (χ0) is 18.1. The van der Waals surface area contributed by atoms with Gasteiger partial charge in [0, 0.05) is 12.3 Å². The maximum atomic E-state index is 12.4. The van der Waals surface area contributed by atoms with Crippen LogP contribution in [0.25, 0.3) is 0 Å². The summed E-state index contributed by atoms with van der Waals surface area (Å²) in [7, 11) is 0. The van der Waals surface area contributed by atoms with Gasteiger partial charge in [-0.3, -0.25) is 9.59 Å². The molecule has 0 spiro atoms. The molecule has 0 N–H and O–H groups in total. The zero-order valence-electron chi connectivity index (χ0n) is 16.0. The fraction of sp³-hybridized carbons (Fsp3) is 0.818. The number of carbonyl (C=O) groups excluding carboxylic acids is 2. The van der Waals surface area contributed by atoms with Gasteiger partial charge in [-0.25, -0.2) is 0 Å². The van der Waals surface area contributed by atoms with Gasteiger partial charge in [0.1, 0.15) is 5.78 Å². The van der Waals surface area contributed by atoms with E-state index < -0.39 is 0 Å². The summed E-state index contributed by atoms with van der Waals surface area (Å²) in [6.07, 6.45) is 7.98. The van der Waals surface area contributed by atoms with Crippen LogP contribution in [-0.2, 0) is 9.59 Å². The normalized spacial score (nSPS) is 52.0. The number of allylic oxidation sites excluding steroid dienone is 1. The minimum absolute atomic E-state index is 0.00969. The summed E-state index contributed by atoms with van der Waals surface area (Å²) in [4.78, 5) is 24.4. The average molecular weight is 363 g/mol. The molecule has 0 radical (unpaired) electrons. The van der Waals surface area contributed by atoms with Gasteiger partial charge in [-0.2, -0.15) is 0 Å². The molecule has 25 heavy (non-hydrogen) atoms. The summed E-state index contributed by atoms with van der Waals surface area (Å²) in [5.74, 6) is 3.16. The maximum absolute atomic E-state index is 12.4. The Morgan fingerprint density at radius 1 is 1.20 bits per heavy atom. The quantitative estimate of drug-likeness (QED) is 0.602. The van der Waals surface area contributed by atoms with Crippen molar-refractivity contribution in [2.24, 2.45) is 40.4 Å². The van der Waals surface area contributed by atoms with Crippen molar-refractivity contribution in [3.8, 4) is 0 Å². The first-order valence-corrected chi connectivity index (χ1v) is 10.5. The van der Waals surface area contributed by atoms with Crippen molar-refractivity contribution in [1.82, 2.24) is 0 Å². The van der Waals surface area contributed by atoms with Crippen LogP contribution < -0.4 is 0 Å². The Kier molecular flexibility index (Phi) is 4.04. The standard InChI is InChI=1S/C22H31ClO2/c1-12-9-17-15-11-19(23)18-10-14(25)5-7-21(18,3)16(15)6-8-22(17,4)20(12)13(2)24/h10,12,15-17,19-20H,5-9,11H2,1-4H3/t12?,15?,16?,17?,19?,20?,21-,22+/m1/s1. The van der Waals surface area contributed by atoms with Crippen LogP contribution in [0.3, 0.4) is 0 Å². The summed E-state index contributed by atoms with van der Waals surface area (Å²) in [6, 6.07) is 0. The van der Waals surface area contributed by atoms with Crippen molar-refractivity contribution in [3.05, 3.63) is 11.6 Å². The molecular weight excluding hydrogens is 332 g/mol. The van der Waals surface area contributed by atoms with Crippen molar-refractivity contribution in [1.29, 1.82) is 0 Å². The summed E-state index contributed by atoms with van der Waals surface area (Å²) in [5, 5.41) is -0.00969. The van der Waals surface area contributed by atoms with Crippen molar-refractivity contribution in [2.45, 2.75) is 71.6 Å². The highest BCUT2D eigenvalue weighted by atomic mass is 35.5. The lowest BCUT2D eigenvalue weighted by atomic mass is 9.46. The summed E-state index contributed by atoms with van der Waals surface area (Å²) in [6.45, 7) is 8.81. The Bertz CT molecular complexity index is 652. The van der Waals surface area contributed by atoms with E-state index in [1.807, 2.05) is 6.08 Å². The van der Waals surface area contributed by atoms with E-state index in [1.54, 1.807) is 6.92 Å². The van der Waals surface area contributed by atoms with Gasteiger partial charge in [0.15, 0.2) is 5.78 Å². The number of rotatable bonds is 1. The molecule has 0 aromatic rings. The maximum Gasteiger partial charge on any atom is 0.155 e. The molecule has 4 rings (SSSR count). The lowest BCUT2D eigenvalue weighted by Crippen LogP contribution is -2.53. The molecule has 138 valence electrons. The molecule has 6 unspecified atom stereocenters. The number of alkyl halides is 1. The third kappa shape index (κ3) is 2.35. The van der Waals surface area contributed by atoms with E-state index in [9.17, 15) is 9.59 Å². The van der Waals surface area contributed by atoms with Crippen molar-refractivity contribution in [3.63, 3.8) is 0 Å². The molecule has 0 aliphatic heterocycles. The zero-order valence-corrected chi connectivity index (χ0v) is 16.7. The molecule has 3 fully saturated rings. The monoisotopic (exact) mass is 362 g/mol. The lowest BCUT2D eigenvalue weighted by Gasteiger charge is -2.59. The van der Waals surface area contributed by atoms with Crippen molar-refractivity contribution in [2.75, 3.05) is 0 Å². The second-order valence-corrected chi connectivity index (χ2v) is 10.4. The fourth-order valence-corrected chi connectivity index (χ4v) is 8.31. The third-order valence-corrected chi connectivity index (χ3v) is 9.13. The number of fused-ring (bicyclic) bond motifs is 5. The predicted octanol–water partition coefficient (Wildman–Crippen LogP) is 5.19.